The van der Waals surface area contributed by atoms with Crippen molar-refractivity contribution in [3.05, 3.63) is 66.4 Å². The summed E-state index contributed by atoms with van der Waals surface area (Å²) in [5, 5.41) is 12.1. The van der Waals surface area contributed by atoms with Crippen LogP contribution in [0.25, 0.3) is 0 Å². The average molecular weight is 472 g/mol. The first kappa shape index (κ1) is 21.1. The van der Waals surface area contributed by atoms with Crippen LogP contribution in [0.5, 0.6) is 11.6 Å². The van der Waals surface area contributed by atoms with Gasteiger partial charge in [0, 0.05) is 25.4 Å². The van der Waals surface area contributed by atoms with Crippen LogP contribution in [0, 0.1) is 25.2 Å². The maximum Gasteiger partial charge on any atom is 0.328 e. The van der Waals surface area contributed by atoms with Crippen molar-refractivity contribution < 1.29 is 4.74 Å². The second kappa shape index (κ2) is 8.79. The zero-order chi connectivity index (χ0) is 21.8. The second-order valence-corrected chi connectivity index (χ2v) is 7.23. The molecule has 11 heteroatoms. The Bertz CT molecular complexity index is 1240. The molecule has 0 bridgehead atoms. The number of aryl methyl sites for hydroxylation is 2. The maximum absolute atomic E-state index is 11.7. The van der Waals surface area contributed by atoms with Crippen molar-refractivity contribution in [3.63, 3.8) is 0 Å². The van der Waals surface area contributed by atoms with E-state index >= 15 is 0 Å². The number of benzene rings is 1. The molecule has 30 heavy (non-hydrogen) atoms. The van der Waals surface area contributed by atoms with Crippen LogP contribution in [0.4, 0.5) is 11.8 Å². The van der Waals surface area contributed by atoms with Crippen molar-refractivity contribution in [2.24, 2.45) is 0 Å². The predicted octanol–water partition coefficient (Wildman–Crippen LogP) is 2.06. The van der Waals surface area contributed by atoms with Crippen molar-refractivity contribution >= 4 is 27.7 Å². The Morgan fingerprint density at radius 1 is 1.30 bits per heavy atom. The van der Waals surface area contributed by atoms with Gasteiger partial charge in [-0.3, -0.25) is 14.3 Å². The van der Waals surface area contributed by atoms with Crippen LogP contribution >= 0.6 is 15.9 Å². The zero-order valence-corrected chi connectivity index (χ0v) is 17.8. The Morgan fingerprint density at radius 2 is 2.00 bits per heavy atom. The number of nitriles is 1. The van der Waals surface area contributed by atoms with E-state index in [1.807, 2.05) is 13.8 Å². The van der Waals surface area contributed by atoms with Crippen LogP contribution in [-0.2, 0) is 6.54 Å². The van der Waals surface area contributed by atoms with Gasteiger partial charge in [0.15, 0.2) is 0 Å². The summed E-state index contributed by atoms with van der Waals surface area (Å²) >= 11 is 3.34. The monoisotopic (exact) mass is 471 g/mol. The molecule has 0 amide bonds. The Labute approximate surface area is 179 Å². The van der Waals surface area contributed by atoms with E-state index < -0.39 is 11.2 Å². The maximum atomic E-state index is 11.7. The molecule has 0 saturated carbocycles. The predicted molar refractivity (Wildman–Crippen MR) is 115 cm³/mol. The number of H-pyrrole nitrogens is 1. The first-order valence-electron chi connectivity index (χ1n) is 8.84. The Balaban J connectivity index is 1.80. The summed E-state index contributed by atoms with van der Waals surface area (Å²) in [6.45, 7) is 4.26. The number of nitrogens with one attached hydrogen (secondary N) is 2. The summed E-state index contributed by atoms with van der Waals surface area (Å²) in [5.74, 6) is 1.17. The molecule has 10 nitrogen and oxygen atoms in total. The third kappa shape index (κ3) is 4.66. The van der Waals surface area contributed by atoms with Gasteiger partial charge in [-0.25, -0.2) is 4.79 Å². The van der Waals surface area contributed by atoms with Crippen molar-refractivity contribution in [2.75, 3.05) is 17.6 Å². The normalized spacial score (nSPS) is 10.5. The molecular weight excluding hydrogens is 454 g/mol. The molecule has 0 spiro atoms. The summed E-state index contributed by atoms with van der Waals surface area (Å²) < 4.78 is 7.71. The highest BCUT2D eigenvalue weighted by atomic mass is 79.9. The summed E-state index contributed by atoms with van der Waals surface area (Å²) in [5.41, 5.74) is 7.11. The van der Waals surface area contributed by atoms with Gasteiger partial charge in [0.05, 0.1) is 11.6 Å². The molecule has 1 aromatic carbocycles. The lowest BCUT2D eigenvalue weighted by molar-refractivity contribution is 0.452. The first-order chi connectivity index (χ1) is 14.3. The Morgan fingerprint density at radius 3 is 2.63 bits per heavy atom. The highest BCUT2D eigenvalue weighted by molar-refractivity contribution is 9.10. The fourth-order valence-electron chi connectivity index (χ4n) is 2.77. The first-order valence-corrected chi connectivity index (χ1v) is 9.63. The zero-order valence-electron chi connectivity index (χ0n) is 16.2. The third-order valence-electron chi connectivity index (χ3n) is 4.17. The van der Waals surface area contributed by atoms with Gasteiger partial charge in [0.1, 0.15) is 16.0 Å². The fourth-order valence-corrected chi connectivity index (χ4v) is 3.03. The number of hydrogen-bond donors (Lipinski definition) is 3. The van der Waals surface area contributed by atoms with Gasteiger partial charge in [-0.05, 0) is 53.0 Å². The molecule has 0 aliphatic heterocycles. The summed E-state index contributed by atoms with van der Waals surface area (Å²) in [7, 11) is 0. The lowest BCUT2D eigenvalue weighted by atomic mass is 10.1. The minimum Gasteiger partial charge on any atom is -0.437 e. The molecule has 3 rings (SSSR count). The standard InChI is InChI=1S/C19H18BrN7O3/c1-10-7-12(9-21)8-11(2)15(10)30-17-14(20)16(22)25-18(26-17)23-4-6-27-5-3-13(28)24-19(27)29/h3,5,7-8H,4,6H2,1-2H3,(H,24,28,29)(H3,22,23,25,26). The molecule has 0 saturated heterocycles. The van der Waals surface area contributed by atoms with E-state index in [-0.39, 0.29) is 24.2 Å². The molecule has 3 aromatic rings. The van der Waals surface area contributed by atoms with Crippen LogP contribution in [0.3, 0.4) is 0 Å². The van der Waals surface area contributed by atoms with Crippen LogP contribution in [0.1, 0.15) is 16.7 Å². The van der Waals surface area contributed by atoms with Crippen molar-refractivity contribution in [1.29, 1.82) is 5.26 Å². The Hall–Kier alpha value is -3.65. The van der Waals surface area contributed by atoms with Gasteiger partial charge < -0.3 is 15.8 Å². The summed E-state index contributed by atoms with van der Waals surface area (Å²) in [4.78, 5) is 33.5. The molecule has 0 radical (unpaired) electrons. The molecule has 0 unspecified atom stereocenters. The second-order valence-electron chi connectivity index (χ2n) is 6.43. The van der Waals surface area contributed by atoms with E-state index in [9.17, 15) is 9.59 Å². The number of hydrogen-bond acceptors (Lipinski definition) is 8. The van der Waals surface area contributed by atoms with Crippen LogP contribution < -0.4 is 27.0 Å². The number of halogens is 1. The molecule has 154 valence electrons. The van der Waals surface area contributed by atoms with Gasteiger partial charge in [-0.2, -0.15) is 15.2 Å². The topological polar surface area (TPSA) is 152 Å². The minimum atomic E-state index is -0.503. The lowest BCUT2D eigenvalue weighted by Gasteiger charge is -2.14. The number of aromatic nitrogens is 4. The number of nitrogen functional groups attached to an aromatic ring is 1. The minimum absolute atomic E-state index is 0.174. The molecule has 2 heterocycles. The SMILES string of the molecule is Cc1cc(C#N)cc(C)c1Oc1nc(NCCn2ccc(=O)[nH]c2=O)nc(N)c1Br. The van der Waals surface area contributed by atoms with E-state index in [1.165, 1.54) is 16.8 Å². The number of rotatable bonds is 6. The quantitative estimate of drug-likeness (QED) is 0.493. The number of nitrogens with two attached hydrogens (primary N) is 1. The molecule has 2 aromatic heterocycles. The van der Waals surface area contributed by atoms with E-state index in [0.29, 0.717) is 22.3 Å². The highest BCUT2D eigenvalue weighted by Crippen LogP contribution is 2.35. The molecule has 0 aliphatic rings. The average Bonchev–Trinajstić information content (AvgIpc) is 2.69. The van der Waals surface area contributed by atoms with E-state index in [4.69, 9.17) is 15.7 Å². The smallest absolute Gasteiger partial charge is 0.328 e. The highest BCUT2D eigenvalue weighted by Gasteiger charge is 2.15. The molecule has 0 atom stereocenters. The summed E-state index contributed by atoms with van der Waals surface area (Å²) in [6, 6.07) is 6.82. The number of aromatic amines is 1. The Kier molecular flexibility index (Phi) is 6.17. The fraction of sp³-hybridized carbons (Fsp3) is 0.211. The lowest BCUT2D eigenvalue weighted by Crippen LogP contribution is -2.30. The molecule has 0 aliphatic carbocycles. The van der Waals surface area contributed by atoms with E-state index in [2.05, 4.69) is 42.3 Å². The molecule has 0 fully saturated rings. The van der Waals surface area contributed by atoms with Crippen molar-refractivity contribution in [3.8, 4) is 17.7 Å². The van der Waals surface area contributed by atoms with Gasteiger partial charge in [-0.15, -0.1) is 0 Å². The van der Waals surface area contributed by atoms with Gasteiger partial charge in [0.25, 0.3) is 5.56 Å². The molecular formula is C19H18BrN7O3. The number of anilines is 2. The number of ether oxygens (including phenoxy) is 1. The summed E-state index contributed by atoms with van der Waals surface area (Å²) in [6.07, 6.45) is 1.41. The van der Waals surface area contributed by atoms with Gasteiger partial charge >= 0.3 is 5.69 Å². The molecule has 4 N–H and O–H groups in total. The van der Waals surface area contributed by atoms with Crippen molar-refractivity contribution in [1.82, 2.24) is 19.5 Å². The van der Waals surface area contributed by atoms with E-state index in [0.717, 1.165) is 11.1 Å². The van der Waals surface area contributed by atoms with Gasteiger partial charge in [0.2, 0.25) is 11.8 Å². The number of nitrogens with zero attached hydrogens (tertiary/aromatic N) is 4. The largest absolute Gasteiger partial charge is 0.437 e. The van der Waals surface area contributed by atoms with Crippen LogP contribution in [-0.4, -0.2) is 26.1 Å². The van der Waals surface area contributed by atoms with Crippen LogP contribution in [0.15, 0.2) is 38.5 Å². The van der Waals surface area contributed by atoms with Crippen LogP contribution in [0.2, 0.25) is 0 Å². The third-order valence-corrected chi connectivity index (χ3v) is 4.91. The van der Waals surface area contributed by atoms with Crippen molar-refractivity contribution in [2.45, 2.75) is 20.4 Å². The van der Waals surface area contributed by atoms with Gasteiger partial charge in [-0.1, -0.05) is 0 Å². The van der Waals surface area contributed by atoms with E-state index in [1.54, 1.807) is 12.1 Å².